The van der Waals surface area contributed by atoms with E-state index in [4.69, 9.17) is 16.9 Å². The molecule has 124 valence electrons. The minimum Gasteiger partial charge on any atom is -0.348 e. The lowest BCUT2D eigenvalue weighted by molar-refractivity contribution is 0.0951. The highest BCUT2D eigenvalue weighted by atomic mass is 35.5. The Hall–Kier alpha value is -2.40. The maximum Gasteiger partial charge on any atom is 0.253 e. The van der Waals surface area contributed by atoms with Crippen LogP contribution >= 0.6 is 11.6 Å². The highest BCUT2D eigenvalue weighted by Gasteiger charge is 2.17. The fraction of sp³-hybridized carbons (Fsp3) is 0.125. The van der Waals surface area contributed by atoms with Gasteiger partial charge in [0.2, 0.25) is 10.0 Å². The van der Waals surface area contributed by atoms with Crippen LogP contribution in [0.4, 0.5) is 0 Å². The summed E-state index contributed by atoms with van der Waals surface area (Å²) in [6.07, 6.45) is 0. The minimum atomic E-state index is -3.67. The number of nitriles is 1. The molecule has 0 radical (unpaired) electrons. The van der Waals surface area contributed by atoms with Crippen molar-refractivity contribution < 1.29 is 13.2 Å². The van der Waals surface area contributed by atoms with Crippen molar-refractivity contribution >= 4 is 27.5 Å². The molecule has 0 unspecified atom stereocenters. The third-order valence-corrected chi connectivity index (χ3v) is 5.01. The number of halogens is 1. The van der Waals surface area contributed by atoms with E-state index in [1.54, 1.807) is 24.3 Å². The Kier molecular flexibility index (Phi) is 5.57. The van der Waals surface area contributed by atoms with Crippen LogP contribution in [0.15, 0.2) is 47.4 Å². The Morgan fingerprint density at radius 3 is 2.67 bits per heavy atom. The van der Waals surface area contributed by atoms with E-state index in [1.807, 2.05) is 6.07 Å². The molecule has 1 amide bonds. The fourth-order valence-electron chi connectivity index (χ4n) is 1.99. The molecule has 24 heavy (non-hydrogen) atoms. The van der Waals surface area contributed by atoms with Gasteiger partial charge in [0, 0.05) is 6.54 Å². The number of nitrogens with one attached hydrogen (secondary N) is 2. The van der Waals surface area contributed by atoms with Gasteiger partial charge in [-0.05, 0) is 42.9 Å². The van der Waals surface area contributed by atoms with Gasteiger partial charge in [-0.3, -0.25) is 4.79 Å². The third-order valence-electron chi connectivity index (χ3n) is 3.27. The van der Waals surface area contributed by atoms with Gasteiger partial charge in [0.25, 0.3) is 5.91 Å². The van der Waals surface area contributed by atoms with E-state index >= 15 is 0 Å². The molecular formula is C16H14ClN3O3S. The number of benzene rings is 2. The summed E-state index contributed by atoms with van der Waals surface area (Å²) >= 11 is 5.99. The number of rotatable bonds is 5. The summed E-state index contributed by atoms with van der Waals surface area (Å²) in [6.45, 7) is 0.188. The molecule has 2 aromatic carbocycles. The van der Waals surface area contributed by atoms with Crippen molar-refractivity contribution in [1.29, 1.82) is 5.26 Å². The second-order valence-electron chi connectivity index (χ2n) is 4.84. The lowest BCUT2D eigenvalue weighted by Crippen LogP contribution is -2.24. The Morgan fingerprint density at radius 2 is 2.00 bits per heavy atom. The van der Waals surface area contributed by atoms with E-state index in [-0.39, 0.29) is 22.0 Å². The number of hydrogen-bond donors (Lipinski definition) is 2. The second kappa shape index (κ2) is 7.45. The molecule has 6 nitrogen and oxygen atoms in total. The first kappa shape index (κ1) is 17.9. The van der Waals surface area contributed by atoms with Crippen LogP contribution < -0.4 is 10.0 Å². The molecule has 0 saturated heterocycles. The molecule has 0 atom stereocenters. The zero-order chi connectivity index (χ0) is 17.7. The summed E-state index contributed by atoms with van der Waals surface area (Å²) in [5.41, 5.74) is 1.30. The predicted molar refractivity (Wildman–Crippen MR) is 90.0 cm³/mol. The van der Waals surface area contributed by atoms with Crippen LogP contribution in [0.25, 0.3) is 0 Å². The summed E-state index contributed by atoms with van der Waals surface area (Å²) < 4.78 is 25.8. The summed E-state index contributed by atoms with van der Waals surface area (Å²) in [7, 11) is -2.39. The summed E-state index contributed by atoms with van der Waals surface area (Å²) in [4.78, 5) is 12.2. The second-order valence-corrected chi connectivity index (χ2v) is 7.14. The van der Waals surface area contributed by atoms with Crippen molar-refractivity contribution in [3.05, 3.63) is 64.2 Å². The van der Waals surface area contributed by atoms with Crippen LogP contribution in [0.3, 0.4) is 0 Å². The average Bonchev–Trinajstić information content (AvgIpc) is 2.60. The Labute approximate surface area is 145 Å². The monoisotopic (exact) mass is 363 g/mol. The van der Waals surface area contributed by atoms with Crippen LogP contribution in [0.5, 0.6) is 0 Å². The number of nitrogens with zero attached hydrogens (tertiary/aromatic N) is 1. The van der Waals surface area contributed by atoms with Crippen molar-refractivity contribution in [2.24, 2.45) is 0 Å². The van der Waals surface area contributed by atoms with E-state index in [9.17, 15) is 13.2 Å². The van der Waals surface area contributed by atoms with Crippen LogP contribution in [0.2, 0.25) is 5.02 Å². The van der Waals surface area contributed by atoms with Crippen molar-refractivity contribution in [3.63, 3.8) is 0 Å². The van der Waals surface area contributed by atoms with Gasteiger partial charge >= 0.3 is 0 Å². The lowest BCUT2D eigenvalue weighted by Gasteiger charge is -2.09. The Balaban J connectivity index is 2.20. The number of hydrogen-bond acceptors (Lipinski definition) is 4. The lowest BCUT2D eigenvalue weighted by atomic mass is 10.1. The highest BCUT2D eigenvalue weighted by Crippen LogP contribution is 2.20. The van der Waals surface area contributed by atoms with Crippen molar-refractivity contribution in [3.8, 4) is 6.07 Å². The van der Waals surface area contributed by atoms with Crippen LogP contribution in [0.1, 0.15) is 21.5 Å². The average molecular weight is 364 g/mol. The molecule has 0 fully saturated rings. The van der Waals surface area contributed by atoms with E-state index in [2.05, 4.69) is 10.0 Å². The van der Waals surface area contributed by atoms with Crippen molar-refractivity contribution in [1.82, 2.24) is 10.0 Å². The summed E-state index contributed by atoms with van der Waals surface area (Å²) in [5.74, 6) is -0.504. The van der Waals surface area contributed by atoms with Crippen LogP contribution in [-0.2, 0) is 16.6 Å². The maximum atomic E-state index is 12.3. The molecule has 2 rings (SSSR count). The largest absolute Gasteiger partial charge is 0.348 e. The predicted octanol–water partition coefficient (Wildman–Crippen LogP) is 2.05. The maximum absolute atomic E-state index is 12.3. The van der Waals surface area contributed by atoms with E-state index in [0.29, 0.717) is 5.56 Å². The fourth-order valence-corrected chi connectivity index (χ4v) is 2.95. The molecule has 0 aromatic heterocycles. The molecule has 0 saturated carbocycles. The summed E-state index contributed by atoms with van der Waals surface area (Å²) in [5, 5.41) is 11.7. The quantitative estimate of drug-likeness (QED) is 0.849. The molecule has 0 aliphatic carbocycles. The van der Waals surface area contributed by atoms with Crippen molar-refractivity contribution in [2.45, 2.75) is 11.4 Å². The molecule has 0 spiro atoms. The van der Waals surface area contributed by atoms with Gasteiger partial charge in [0.05, 0.1) is 27.1 Å². The number of carbonyl (C=O) groups excluding carboxylic acids is 1. The first-order valence-corrected chi connectivity index (χ1v) is 8.74. The molecule has 8 heteroatoms. The van der Waals surface area contributed by atoms with Crippen LogP contribution in [0, 0.1) is 11.3 Å². The van der Waals surface area contributed by atoms with Gasteiger partial charge in [-0.1, -0.05) is 23.7 Å². The zero-order valence-electron chi connectivity index (χ0n) is 12.7. The zero-order valence-corrected chi connectivity index (χ0v) is 14.3. The third kappa shape index (κ3) is 4.11. The van der Waals surface area contributed by atoms with Gasteiger partial charge in [0.1, 0.15) is 0 Å². The van der Waals surface area contributed by atoms with Gasteiger partial charge in [0.15, 0.2) is 0 Å². The number of amides is 1. The Bertz CT molecular complexity index is 920. The first-order valence-electron chi connectivity index (χ1n) is 6.87. The van der Waals surface area contributed by atoms with Crippen LogP contribution in [-0.4, -0.2) is 21.4 Å². The minimum absolute atomic E-state index is 0.0500. The molecule has 0 bridgehead atoms. The molecule has 2 aromatic rings. The topological polar surface area (TPSA) is 99.1 Å². The smallest absolute Gasteiger partial charge is 0.253 e. The van der Waals surface area contributed by atoms with Gasteiger partial charge in [-0.2, -0.15) is 5.26 Å². The summed E-state index contributed by atoms with van der Waals surface area (Å²) in [6, 6.07) is 12.7. The highest BCUT2D eigenvalue weighted by molar-refractivity contribution is 7.89. The van der Waals surface area contributed by atoms with E-state index in [1.165, 1.54) is 25.2 Å². The molecule has 0 aliphatic heterocycles. The molecule has 0 heterocycles. The SMILES string of the molecule is CNS(=O)(=O)c1ccc(Cl)c(C(=O)NCc2cccc(C#N)c2)c1. The number of carbonyl (C=O) groups is 1. The van der Waals surface area contributed by atoms with E-state index in [0.717, 1.165) is 5.56 Å². The van der Waals surface area contributed by atoms with Crippen molar-refractivity contribution in [2.75, 3.05) is 7.05 Å². The number of sulfonamides is 1. The molecule has 0 aliphatic rings. The Morgan fingerprint density at radius 1 is 1.25 bits per heavy atom. The van der Waals surface area contributed by atoms with Gasteiger partial charge < -0.3 is 5.32 Å². The van der Waals surface area contributed by atoms with E-state index < -0.39 is 15.9 Å². The molecular weight excluding hydrogens is 350 g/mol. The normalized spacial score (nSPS) is 10.9. The standard InChI is InChI=1S/C16H14ClN3O3S/c1-19-24(22,23)13-5-6-15(17)14(8-13)16(21)20-10-12-4-2-3-11(7-12)9-18/h2-8,19H,10H2,1H3,(H,20,21). The van der Waals surface area contributed by atoms with Gasteiger partial charge in [-0.15, -0.1) is 0 Å². The first-order chi connectivity index (χ1) is 11.4. The van der Waals surface area contributed by atoms with Gasteiger partial charge in [-0.25, -0.2) is 13.1 Å². The molecule has 2 N–H and O–H groups in total.